The van der Waals surface area contributed by atoms with Crippen molar-refractivity contribution < 1.29 is 9.00 Å². The zero-order valence-electron chi connectivity index (χ0n) is 10.4. The van der Waals surface area contributed by atoms with Crippen LogP contribution in [0.15, 0.2) is 18.2 Å². The summed E-state index contributed by atoms with van der Waals surface area (Å²) in [6, 6.07) is 5.61. The van der Waals surface area contributed by atoms with Gasteiger partial charge in [0.1, 0.15) is 0 Å². The first-order valence-corrected chi connectivity index (χ1v) is 7.14. The Balaban J connectivity index is 2.71. The van der Waals surface area contributed by atoms with E-state index in [-0.39, 0.29) is 5.91 Å². The average Bonchev–Trinajstić information content (AvgIpc) is 2.28. The molecule has 17 heavy (non-hydrogen) atoms. The van der Waals surface area contributed by atoms with Gasteiger partial charge in [-0.1, -0.05) is 6.07 Å². The molecule has 1 atom stereocenters. The van der Waals surface area contributed by atoms with Crippen molar-refractivity contribution in [3.8, 4) is 0 Å². The highest BCUT2D eigenvalue weighted by atomic mass is 32.2. The normalized spacial score (nSPS) is 11.9. The Bertz CT molecular complexity index is 433. The van der Waals surface area contributed by atoms with Crippen LogP contribution in [0.25, 0.3) is 0 Å². The van der Waals surface area contributed by atoms with Crippen LogP contribution in [0, 0.1) is 6.92 Å². The topological polar surface area (TPSA) is 58.2 Å². The standard InChI is InChI=1S/C12H18N2O2S/c1-9-4-5-10(11(8-9)13-2)12(15)14-6-7-17(3)16/h4-5,8,13H,6-7H2,1-3H3,(H,14,15). The van der Waals surface area contributed by atoms with Crippen LogP contribution in [0.5, 0.6) is 0 Å². The molecule has 0 saturated carbocycles. The van der Waals surface area contributed by atoms with Gasteiger partial charge < -0.3 is 10.6 Å². The lowest BCUT2D eigenvalue weighted by atomic mass is 10.1. The minimum absolute atomic E-state index is 0.139. The zero-order chi connectivity index (χ0) is 12.8. The Labute approximate surface area is 104 Å². The van der Waals surface area contributed by atoms with E-state index < -0.39 is 10.8 Å². The third-order valence-corrected chi connectivity index (χ3v) is 3.14. The maximum atomic E-state index is 11.9. The second-order valence-corrected chi connectivity index (χ2v) is 5.39. The molecule has 1 amide bonds. The minimum Gasteiger partial charge on any atom is -0.387 e. The first kappa shape index (κ1) is 13.7. The van der Waals surface area contributed by atoms with Gasteiger partial charge in [-0.05, 0) is 24.6 Å². The molecule has 1 unspecified atom stereocenters. The van der Waals surface area contributed by atoms with Crippen molar-refractivity contribution in [1.82, 2.24) is 5.32 Å². The van der Waals surface area contributed by atoms with E-state index in [2.05, 4.69) is 10.6 Å². The van der Waals surface area contributed by atoms with Gasteiger partial charge in [0.2, 0.25) is 0 Å². The molecule has 94 valence electrons. The monoisotopic (exact) mass is 254 g/mol. The molecule has 0 saturated heterocycles. The summed E-state index contributed by atoms with van der Waals surface area (Å²) in [6.07, 6.45) is 1.62. The quantitative estimate of drug-likeness (QED) is 0.828. The Morgan fingerprint density at radius 1 is 1.41 bits per heavy atom. The van der Waals surface area contributed by atoms with Crippen LogP contribution >= 0.6 is 0 Å². The molecular formula is C12H18N2O2S. The second kappa shape index (κ2) is 6.39. The van der Waals surface area contributed by atoms with E-state index in [1.807, 2.05) is 19.1 Å². The summed E-state index contributed by atoms with van der Waals surface area (Å²) >= 11 is 0. The van der Waals surface area contributed by atoms with Gasteiger partial charge >= 0.3 is 0 Å². The number of amides is 1. The van der Waals surface area contributed by atoms with Crippen LogP contribution in [-0.4, -0.2) is 35.7 Å². The smallest absolute Gasteiger partial charge is 0.253 e. The molecule has 1 aromatic carbocycles. The van der Waals surface area contributed by atoms with Crippen molar-refractivity contribution in [2.45, 2.75) is 6.92 Å². The summed E-state index contributed by atoms with van der Waals surface area (Å²) in [6.45, 7) is 2.40. The molecule has 0 aliphatic carbocycles. The van der Waals surface area contributed by atoms with Crippen molar-refractivity contribution >= 4 is 22.4 Å². The molecule has 1 rings (SSSR count). The molecule has 0 heterocycles. The van der Waals surface area contributed by atoms with Gasteiger partial charge in [0.15, 0.2) is 0 Å². The number of anilines is 1. The van der Waals surface area contributed by atoms with Gasteiger partial charge in [-0.3, -0.25) is 9.00 Å². The largest absolute Gasteiger partial charge is 0.387 e. The van der Waals surface area contributed by atoms with Crippen LogP contribution in [0.2, 0.25) is 0 Å². The summed E-state index contributed by atoms with van der Waals surface area (Å²) in [5, 5.41) is 5.75. The number of hydrogen-bond donors (Lipinski definition) is 2. The first-order chi connectivity index (χ1) is 8.04. The summed E-state index contributed by atoms with van der Waals surface area (Å²) in [5.74, 6) is 0.340. The Kier molecular flexibility index (Phi) is 5.15. The maximum absolute atomic E-state index is 11.9. The lowest BCUT2D eigenvalue weighted by molar-refractivity contribution is 0.0957. The fourth-order valence-electron chi connectivity index (χ4n) is 1.47. The van der Waals surface area contributed by atoms with Crippen LogP contribution in [0.1, 0.15) is 15.9 Å². The highest BCUT2D eigenvalue weighted by Gasteiger charge is 2.10. The van der Waals surface area contributed by atoms with E-state index in [9.17, 15) is 9.00 Å². The lowest BCUT2D eigenvalue weighted by Crippen LogP contribution is -2.28. The molecule has 0 aromatic heterocycles. The van der Waals surface area contributed by atoms with Crippen molar-refractivity contribution in [1.29, 1.82) is 0 Å². The van der Waals surface area contributed by atoms with E-state index in [0.29, 0.717) is 17.9 Å². The third kappa shape index (κ3) is 4.19. The minimum atomic E-state index is -0.880. The van der Waals surface area contributed by atoms with Gasteiger partial charge in [-0.25, -0.2) is 0 Å². The Morgan fingerprint density at radius 2 is 2.12 bits per heavy atom. The van der Waals surface area contributed by atoms with E-state index in [0.717, 1.165) is 11.3 Å². The van der Waals surface area contributed by atoms with Gasteiger partial charge in [0, 0.05) is 42.1 Å². The highest BCUT2D eigenvalue weighted by Crippen LogP contribution is 2.16. The SMILES string of the molecule is CNc1cc(C)ccc1C(=O)NCCS(C)=O. The van der Waals surface area contributed by atoms with E-state index in [4.69, 9.17) is 0 Å². The predicted molar refractivity (Wildman–Crippen MR) is 72.0 cm³/mol. The zero-order valence-corrected chi connectivity index (χ0v) is 11.2. The molecule has 1 aromatic rings. The number of nitrogens with one attached hydrogen (secondary N) is 2. The van der Waals surface area contributed by atoms with Crippen LogP contribution in [0.4, 0.5) is 5.69 Å². The number of aryl methyl sites for hydroxylation is 1. The summed E-state index contributed by atoms with van der Waals surface area (Å²) in [4.78, 5) is 11.9. The Hall–Kier alpha value is -1.36. The van der Waals surface area contributed by atoms with Crippen LogP contribution in [-0.2, 0) is 10.8 Å². The number of benzene rings is 1. The number of carbonyl (C=O) groups is 1. The van der Waals surface area contributed by atoms with Gasteiger partial charge in [-0.15, -0.1) is 0 Å². The third-order valence-electron chi connectivity index (χ3n) is 2.36. The van der Waals surface area contributed by atoms with E-state index in [1.54, 1.807) is 19.4 Å². The van der Waals surface area contributed by atoms with Crippen LogP contribution < -0.4 is 10.6 Å². The molecule has 0 aliphatic heterocycles. The van der Waals surface area contributed by atoms with E-state index >= 15 is 0 Å². The first-order valence-electron chi connectivity index (χ1n) is 5.41. The summed E-state index contributed by atoms with van der Waals surface area (Å²) < 4.78 is 10.9. The molecule has 0 spiro atoms. The van der Waals surface area contributed by atoms with Crippen molar-refractivity contribution in [3.05, 3.63) is 29.3 Å². The molecule has 4 nitrogen and oxygen atoms in total. The van der Waals surface area contributed by atoms with Gasteiger partial charge in [0.05, 0.1) is 5.56 Å². The Morgan fingerprint density at radius 3 is 2.71 bits per heavy atom. The number of carbonyl (C=O) groups excluding carboxylic acids is 1. The molecule has 2 N–H and O–H groups in total. The second-order valence-electron chi connectivity index (χ2n) is 3.83. The molecular weight excluding hydrogens is 236 g/mol. The lowest BCUT2D eigenvalue weighted by Gasteiger charge is -2.10. The van der Waals surface area contributed by atoms with Gasteiger partial charge in [-0.2, -0.15) is 0 Å². The molecule has 0 bridgehead atoms. The summed E-state index contributed by atoms with van der Waals surface area (Å²) in [5.41, 5.74) is 2.51. The molecule has 0 radical (unpaired) electrons. The average molecular weight is 254 g/mol. The molecule has 0 aliphatic rings. The predicted octanol–water partition coefficient (Wildman–Crippen LogP) is 1.15. The fraction of sp³-hybridized carbons (Fsp3) is 0.417. The van der Waals surface area contributed by atoms with Gasteiger partial charge in [0.25, 0.3) is 5.91 Å². The van der Waals surface area contributed by atoms with Crippen molar-refractivity contribution in [2.24, 2.45) is 0 Å². The maximum Gasteiger partial charge on any atom is 0.253 e. The van der Waals surface area contributed by atoms with E-state index in [1.165, 1.54) is 0 Å². The fourth-order valence-corrected chi connectivity index (χ4v) is 1.86. The number of hydrogen-bond acceptors (Lipinski definition) is 3. The van der Waals surface area contributed by atoms with Crippen molar-refractivity contribution in [3.63, 3.8) is 0 Å². The molecule has 0 fully saturated rings. The van der Waals surface area contributed by atoms with Crippen molar-refractivity contribution in [2.75, 3.05) is 30.9 Å². The molecule has 5 heteroatoms. The summed E-state index contributed by atoms with van der Waals surface area (Å²) in [7, 11) is 0.905. The number of rotatable bonds is 5. The highest BCUT2D eigenvalue weighted by molar-refractivity contribution is 7.84. The van der Waals surface area contributed by atoms with Crippen LogP contribution in [0.3, 0.4) is 0 Å².